The number of rotatable bonds is 5. The highest BCUT2D eigenvalue weighted by Crippen LogP contribution is 2.20. The van der Waals surface area contributed by atoms with Crippen molar-refractivity contribution in [3.05, 3.63) is 101 Å². The molecule has 0 spiro atoms. The third kappa shape index (κ3) is 3.10. The van der Waals surface area contributed by atoms with Crippen LogP contribution in [0.2, 0.25) is 0 Å². The van der Waals surface area contributed by atoms with Crippen LogP contribution in [0.3, 0.4) is 0 Å². The zero-order valence-electron chi connectivity index (χ0n) is 13.2. The van der Waals surface area contributed by atoms with Crippen LogP contribution in [-0.2, 0) is 0 Å². The molecule has 0 amide bonds. The molecule has 0 aliphatic rings. The molecule has 0 heterocycles. The molecule has 118 valence electrons. The van der Waals surface area contributed by atoms with Crippen molar-refractivity contribution in [3.8, 4) is 5.75 Å². The van der Waals surface area contributed by atoms with Crippen LogP contribution in [0.25, 0.3) is 0 Å². The number of methoxy groups -OCH3 is 1. The molecular formula is C21H16O3. The van der Waals surface area contributed by atoms with Gasteiger partial charge in [0.15, 0.2) is 11.6 Å². The molecule has 3 rings (SSSR count). The van der Waals surface area contributed by atoms with Gasteiger partial charge in [-0.1, -0.05) is 54.6 Å². The first-order valence-electron chi connectivity index (χ1n) is 7.58. The van der Waals surface area contributed by atoms with E-state index in [2.05, 4.69) is 0 Å². The van der Waals surface area contributed by atoms with Gasteiger partial charge in [-0.3, -0.25) is 9.59 Å². The quantitative estimate of drug-likeness (QED) is 0.664. The van der Waals surface area contributed by atoms with Gasteiger partial charge in [0.2, 0.25) is 0 Å². The van der Waals surface area contributed by atoms with Crippen molar-refractivity contribution in [2.75, 3.05) is 7.11 Å². The predicted molar refractivity (Wildman–Crippen MR) is 92.7 cm³/mol. The second-order valence-electron chi connectivity index (χ2n) is 5.30. The van der Waals surface area contributed by atoms with Gasteiger partial charge in [-0.25, -0.2) is 0 Å². The fraction of sp³-hybridized carbons (Fsp3) is 0.0476. The van der Waals surface area contributed by atoms with Gasteiger partial charge in [-0.05, 0) is 24.3 Å². The Balaban J connectivity index is 1.99. The third-order valence-electron chi connectivity index (χ3n) is 3.80. The van der Waals surface area contributed by atoms with E-state index < -0.39 is 0 Å². The van der Waals surface area contributed by atoms with Crippen molar-refractivity contribution in [1.82, 2.24) is 0 Å². The number of carbonyl (C=O) groups excluding carboxylic acids is 2. The fourth-order valence-corrected chi connectivity index (χ4v) is 2.52. The van der Waals surface area contributed by atoms with E-state index in [-0.39, 0.29) is 11.6 Å². The molecule has 0 aliphatic carbocycles. The van der Waals surface area contributed by atoms with Crippen LogP contribution in [0.1, 0.15) is 31.8 Å². The summed E-state index contributed by atoms with van der Waals surface area (Å²) in [5.41, 5.74) is 1.89. The molecule has 0 N–H and O–H groups in total. The van der Waals surface area contributed by atoms with Crippen molar-refractivity contribution in [2.24, 2.45) is 0 Å². The summed E-state index contributed by atoms with van der Waals surface area (Å²) >= 11 is 0. The maximum atomic E-state index is 12.8. The zero-order chi connectivity index (χ0) is 16.9. The van der Waals surface area contributed by atoms with E-state index >= 15 is 0 Å². The first kappa shape index (κ1) is 15.7. The average Bonchev–Trinajstić information content (AvgIpc) is 2.67. The van der Waals surface area contributed by atoms with Crippen molar-refractivity contribution >= 4 is 11.6 Å². The van der Waals surface area contributed by atoms with Crippen molar-refractivity contribution in [1.29, 1.82) is 0 Å². The molecule has 3 aromatic rings. The lowest BCUT2D eigenvalue weighted by molar-refractivity contribution is 0.100. The molecule has 0 aromatic heterocycles. The number of ketones is 2. The average molecular weight is 316 g/mol. The van der Waals surface area contributed by atoms with Crippen LogP contribution in [0.4, 0.5) is 0 Å². The first-order valence-corrected chi connectivity index (χ1v) is 7.58. The minimum absolute atomic E-state index is 0.159. The summed E-state index contributed by atoms with van der Waals surface area (Å²) in [6.07, 6.45) is 0. The van der Waals surface area contributed by atoms with Gasteiger partial charge in [0.1, 0.15) is 5.75 Å². The lowest BCUT2D eigenvalue weighted by atomic mass is 9.93. The minimum Gasteiger partial charge on any atom is -0.497 e. The predicted octanol–water partition coefficient (Wildman–Crippen LogP) is 4.16. The van der Waals surface area contributed by atoms with Crippen molar-refractivity contribution in [3.63, 3.8) is 0 Å². The SMILES string of the molecule is COc1ccc(C(=O)c2ccccc2C(=O)c2ccccc2)cc1. The Kier molecular flexibility index (Phi) is 4.52. The number of hydrogen-bond donors (Lipinski definition) is 0. The van der Waals surface area contributed by atoms with Crippen LogP contribution in [0.5, 0.6) is 5.75 Å². The molecule has 0 unspecified atom stereocenters. The van der Waals surface area contributed by atoms with E-state index in [0.717, 1.165) is 0 Å². The van der Waals surface area contributed by atoms with E-state index in [9.17, 15) is 9.59 Å². The smallest absolute Gasteiger partial charge is 0.193 e. The molecule has 3 nitrogen and oxygen atoms in total. The van der Waals surface area contributed by atoms with E-state index in [1.54, 1.807) is 79.9 Å². The van der Waals surface area contributed by atoms with Gasteiger partial charge >= 0.3 is 0 Å². The van der Waals surface area contributed by atoms with Crippen LogP contribution in [0, 0.1) is 0 Å². The lowest BCUT2D eigenvalue weighted by Gasteiger charge is -2.09. The minimum atomic E-state index is -0.183. The highest BCUT2D eigenvalue weighted by Gasteiger charge is 2.19. The molecule has 0 aliphatic heterocycles. The van der Waals surface area contributed by atoms with Gasteiger partial charge in [-0.15, -0.1) is 0 Å². The topological polar surface area (TPSA) is 43.4 Å². The highest BCUT2D eigenvalue weighted by molar-refractivity contribution is 6.19. The Morgan fingerprint density at radius 3 is 1.58 bits per heavy atom. The Bertz CT molecular complexity index is 865. The molecular weight excluding hydrogens is 300 g/mol. The normalized spacial score (nSPS) is 10.2. The second-order valence-corrected chi connectivity index (χ2v) is 5.30. The summed E-state index contributed by atoms with van der Waals surface area (Å²) in [4.78, 5) is 25.5. The summed E-state index contributed by atoms with van der Waals surface area (Å²) in [5.74, 6) is 0.339. The van der Waals surface area contributed by atoms with E-state index in [4.69, 9.17) is 4.74 Å². The van der Waals surface area contributed by atoms with Gasteiger partial charge in [0.25, 0.3) is 0 Å². The molecule has 0 fully saturated rings. The van der Waals surface area contributed by atoms with Gasteiger partial charge in [-0.2, -0.15) is 0 Å². The van der Waals surface area contributed by atoms with E-state index in [1.807, 2.05) is 6.07 Å². The fourth-order valence-electron chi connectivity index (χ4n) is 2.52. The van der Waals surface area contributed by atoms with Crippen LogP contribution in [0.15, 0.2) is 78.9 Å². The van der Waals surface area contributed by atoms with Gasteiger partial charge < -0.3 is 4.74 Å². The molecule has 0 bridgehead atoms. The summed E-state index contributed by atoms with van der Waals surface area (Å²) < 4.78 is 5.11. The Morgan fingerprint density at radius 1 is 0.625 bits per heavy atom. The Morgan fingerprint density at radius 2 is 1.08 bits per heavy atom. The number of benzene rings is 3. The van der Waals surface area contributed by atoms with Crippen molar-refractivity contribution < 1.29 is 14.3 Å². The summed E-state index contributed by atoms with van der Waals surface area (Å²) in [6, 6.07) is 22.7. The Hall–Kier alpha value is -3.20. The first-order chi connectivity index (χ1) is 11.7. The third-order valence-corrected chi connectivity index (χ3v) is 3.80. The molecule has 0 radical (unpaired) electrons. The summed E-state index contributed by atoms with van der Waals surface area (Å²) in [7, 11) is 1.57. The van der Waals surface area contributed by atoms with Gasteiger partial charge in [0.05, 0.1) is 7.11 Å². The number of ether oxygens (including phenoxy) is 1. The lowest BCUT2D eigenvalue weighted by Crippen LogP contribution is -2.11. The molecule has 0 saturated heterocycles. The van der Waals surface area contributed by atoms with Crippen LogP contribution in [-0.4, -0.2) is 18.7 Å². The van der Waals surface area contributed by atoms with Crippen LogP contribution < -0.4 is 4.74 Å². The van der Waals surface area contributed by atoms with Crippen LogP contribution >= 0.6 is 0 Å². The standard InChI is InChI=1S/C21H16O3/c1-24-17-13-11-16(12-14-17)21(23)19-10-6-5-9-18(19)20(22)15-7-3-2-4-8-15/h2-14H,1H3. The summed E-state index contributed by atoms with van der Waals surface area (Å²) in [5, 5.41) is 0. The summed E-state index contributed by atoms with van der Waals surface area (Å²) in [6.45, 7) is 0. The molecule has 24 heavy (non-hydrogen) atoms. The monoisotopic (exact) mass is 316 g/mol. The maximum absolute atomic E-state index is 12.8. The van der Waals surface area contributed by atoms with Crippen molar-refractivity contribution in [2.45, 2.75) is 0 Å². The molecule has 0 atom stereocenters. The molecule has 0 saturated carbocycles. The molecule has 3 aromatic carbocycles. The highest BCUT2D eigenvalue weighted by atomic mass is 16.5. The largest absolute Gasteiger partial charge is 0.497 e. The van der Waals surface area contributed by atoms with Gasteiger partial charge in [0, 0.05) is 22.3 Å². The second kappa shape index (κ2) is 6.92. The Labute approximate surface area is 140 Å². The van der Waals surface area contributed by atoms with E-state index in [1.165, 1.54) is 0 Å². The number of carbonyl (C=O) groups is 2. The zero-order valence-corrected chi connectivity index (χ0v) is 13.2. The maximum Gasteiger partial charge on any atom is 0.193 e. The van der Waals surface area contributed by atoms with E-state index in [0.29, 0.717) is 28.0 Å². The number of hydrogen-bond acceptors (Lipinski definition) is 3. The molecule has 3 heteroatoms.